The van der Waals surface area contributed by atoms with Crippen molar-refractivity contribution in [1.82, 2.24) is 20.3 Å². The zero-order valence-corrected chi connectivity index (χ0v) is 17.7. The summed E-state index contributed by atoms with van der Waals surface area (Å²) < 4.78 is 5.26. The molecule has 0 saturated heterocycles. The van der Waals surface area contributed by atoms with Crippen LogP contribution in [0.3, 0.4) is 0 Å². The van der Waals surface area contributed by atoms with Gasteiger partial charge in [-0.1, -0.05) is 32.3 Å². The summed E-state index contributed by atoms with van der Waals surface area (Å²) in [6, 6.07) is 5.83. The molecule has 4 heterocycles. The van der Waals surface area contributed by atoms with Crippen molar-refractivity contribution in [3.05, 3.63) is 36.2 Å². The average Bonchev–Trinajstić information content (AvgIpc) is 2.75. The lowest BCUT2D eigenvalue weighted by molar-refractivity contribution is 0.143. The summed E-state index contributed by atoms with van der Waals surface area (Å²) >= 11 is 0. The van der Waals surface area contributed by atoms with Gasteiger partial charge in [0.25, 0.3) is 0 Å². The van der Waals surface area contributed by atoms with Crippen molar-refractivity contribution in [3.63, 3.8) is 0 Å². The lowest BCUT2D eigenvalue weighted by Gasteiger charge is -2.12. The molecule has 4 rings (SSSR count). The summed E-state index contributed by atoms with van der Waals surface area (Å²) in [5.74, 6) is 2.37. The Morgan fingerprint density at radius 2 is 1.63 bits per heavy atom. The van der Waals surface area contributed by atoms with Gasteiger partial charge < -0.3 is 20.7 Å². The van der Waals surface area contributed by atoms with Crippen LogP contribution in [0.5, 0.6) is 0 Å². The number of amides is 1. The van der Waals surface area contributed by atoms with E-state index in [1.54, 1.807) is 0 Å². The molecule has 1 atom stereocenters. The number of hydrogen-bond acceptors (Lipinski definition) is 7. The first kappa shape index (κ1) is 21.8. The molecular weight excluding hydrogens is 380 g/mol. The average molecular weight is 413 g/mol. The smallest absolute Gasteiger partial charge is 0.407 e. The third kappa shape index (κ3) is 7.50. The molecule has 0 radical (unpaired) electrons. The number of aromatic nitrogens is 3. The second-order valence-corrected chi connectivity index (χ2v) is 7.67. The van der Waals surface area contributed by atoms with Crippen LogP contribution in [0.2, 0.25) is 0 Å². The first-order valence-corrected chi connectivity index (χ1v) is 10.9. The lowest BCUT2D eigenvalue weighted by atomic mass is 9.99. The molecule has 0 saturated carbocycles. The highest BCUT2D eigenvalue weighted by Crippen LogP contribution is 2.20. The predicted octanol–water partition coefficient (Wildman–Crippen LogP) is 4.60. The summed E-state index contributed by atoms with van der Waals surface area (Å²) in [5, 5.41) is 9.36. The second-order valence-electron chi connectivity index (χ2n) is 7.67. The predicted molar refractivity (Wildman–Crippen MR) is 118 cm³/mol. The van der Waals surface area contributed by atoms with Gasteiger partial charge in [0.2, 0.25) is 5.95 Å². The third-order valence-corrected chi connectivity index (χ3v) is 5.17. The van der Waals surface area contributed by atoms with Gasteiger partial charge in [-0.15, -0.1) is 0 Å². The molecule has 2 aliphatic rings. The normalized spacial score (nSPS) is 19.6. The number of ether oxygens (including phenoxy) is 1. The molecule has 8 heteroatoms. The second kappa shape index (κ2) is 11.9. The number of rotatable bonds is 0. The Hall–Kier alpha value is -2.90. The van der Waals surface area contributed by atoms with Gasteiger partial charge in [0.15, 0.2) is 0 Å². The number of anilines is 3. The first-order valence-electron chi connectivity index (χ1n) is 10.9. The monoisotopic (exact) mass is 412 g/mol. The number of fused-ring (bicyclic) bond motifs is 16. The van der Waals surface area contributed by atoms with Crippen LogP contribution >= 0.6 is 0 Å². The number of nitrogens with zero attached hydrogens (tertiary/aromatic N) is 3. The van der Waals surface area contributed by atoms with Gasteiger partial charge in [0.1, 0.15) is 11.6 Å². The van der Waals surface area contributed by atoms with Gasteiger partial charge in [-0.05, 0) is 49.3 Å². The largest absolute Gasteiger partial charge is 0.450 e. The lowest BCUT2D eigenvalue weighted by Crippen LogP contribution is -2.25. The first-order chi connectivity index (χ1) is 14.7. The van der Waals surface area contributed by atoms with E-state index in [-0.39, 0.29) is 12.0 Å². The summed E-state index contributed by atoms with van der Waals surface area (Å²) in [6.07, 6.45) is 10.5. The Morgan fingerprint density at radius 1 is 0.933 bits per heavy atom. The van der Waals surface area contributed by atoms with E-state index in [1.807, 2.05) is 30.6 Å². The zero-order valence-electron chi connectivity index (χ0n) is 17.7. The van der Waals surface area contributed by atoms with Gasteiger partial charge in [0.05, 0.1) is 6.61 Å². The number of hydrogen-bond donors (Lipinski definition) is 3. The molecule has 3 N–H and O–H groups in total. The fourth-order valence-electron chi connectivity index (χ4n) is 3.33. The highest BCUT2D eigenvalue weighted by Gasteiger charge is 2.09. The van der Waals surface area contributed by atoms with E-state index >= 15 is 0 Å². The van der Waals surface area contributed by atoms with E-state index in [0.717, 1.165) is 62.9 Å². The van der Waals surface area contributed by atoms with E-state index in [2.05, 4.69) is 37.8 Å². The summed E-state index contributed by atoms with van der Waals surface area (Å²) in [6.45, 7) is 4.10. The van der Waals surface area contributed by atoms with Gasteiger partial charge in [-0.2, -0.15) is 0 Å². The van der Waals surface area contributed by atoms with Crippen LogP contribution in [-0.2, 0) is 4.74 Å². The van der Waals surface area contributed by atoms with Crippen LogP contribution in [0, 0.1) is 0 Å². The topological polar surface area (TPSA) is 101 Å². The molecular formula is C22H32N6O2. The van der Waals surface area contributed by atoms with E-state index in [4.69, 9.17) is 4.74 Å². The maximum atomic E-state index is 11.7. The van der Waals surface area contributed by atoms with Gasteiger partial charge in [-0.3, -0.25) is 0 Å². The van der Waals surface area contributed by atoms with Crippen LogP contribution in [-0.4, -0.2) is 40.7 Å². The molecule has 4 bridgehead atoms. The Labute approximate surface area is 178 Å². The van der Waals surface area contributed by atoms with Gasteiger partial charge in [0, 0.05) is 25.5 Å². The molecule has 30 heavy (non-hydrogen) atoms. The molecule has 2 aromatic heterocycles. The van der Waals surface area contributed by atoms with Crippen LogP contribution in [0.4, 0.5) is 22.4 Å². The zero-order chi connectivity index (χ0) is 21.0. The Bertz CT molecular complexity index is 783. The highest BCUT2D eigenvalue weighted by atomic mass is 16.5. The maximum Gasteiger partial charge on any atom is 0.407 e. The molecule has 0 fully saturated rings. The Balaban J connectivity index is 1.61. The molecule has 2 aromatic rings. The van der Waals surface area contributed by atoms with Crippen molar-refractivity contribution in [2.24, 2.45) is 0 Å². The summed E-state index contributed by atoms with van der Waals surface area (Å²) in [7, 11) is 0. The summed E-state index contributed by atoms with van der Waals surface area (Å²) in [5.41, 5.74) is 1.06. The van der Waals surface area contributed by atoms with Crippen molar-refractivity contribution >= 4 is 23.7 Å². The van der Waals surface area contributed by atoms with Gasteiger partial charge >= 0.3 is 6.09 Å². The van der Waals surface area contributed by atoms with Crippen molar-refractivity contribution in [1.29, 1.82) is 0 Å². The van der Waals surface area contributed by atoms with Crippen LogP contribution in [0.1, 0.15) is 63.4 Å². The van der Waals surface area contributed by atoms with Crippen molar-refractivity contribution in [3.8, 4) is 0 Å². The molecule has 0 aliphatic carbocycles. The minimum Gasteiger partial charge on any atom is -0.450 e. The number of nitrogens with one attached hydrogen (secondary N) is 3. The minimum atomic E-state index is -0.321. The van der Waals surface area contributed by atoms with E-state index in [0.29, 0.717) is 24.9 Å². The number of alkyl carbamates (subject to hydrolysis) is 1. The van der Waals surface area contributed by atoms with Crippen molar-refractivity contribution < 1.29 is 9.53 Å². The van der Waals surface area contributed by atoms with E-state index in [9.17, 15) is 4.79 Å². The van der Waals surface area contributed by atoms with Crippen molar-refractivity contribution in [2.45, 2.75) is 57.8 Å². The minimum absolute atomic E-state index is 0.290. The van der Waals surface area contributed by atoms with Crippen molar-refractivity contribution in [2.75, 3.05) is 30.3 Å². The molecule has 2 aliphatic heterocycles. The third-order valence-electron chi connectivity index (χ3n) is 5.17. The molecule has 0 aromatic carbocycles. The van der Waals surface area contributed by atoms with Crippen LogP contribution in [0.15, 0.2) is 30.6 Å². The Morgan fingerprint density at radius 3 is 2.43 bits per heavy atom. The molecule has 1 amide bonds. The number of carbonyl (C=O) groups excluding carboxylic acids is 1. The van der Waals surface area contributed by atoms with Crippen LogP contribution < -0.4 is 16.0 Å². The maximum absolute atomic E-state index is 11.7. The number of pyridine rings is 1. The van der Waals surface area contributed by atoms with Gasteiger partial charge in [-0.25, -0.2) is 19.7 Å². The fraction of sp³-hybridized carbons (Fsp3) is 0.545. The SMILES string of the molecule is C[C@H]1CCCOC(=O)NCCCCCCCNc2cccc(n2)Nc2ncc1cn2. The Kier molecular flexibility index (Phi) is 8.68. The van der Waals surface area contributed by atoms with E-state index < -0.39 is 0 Å². The standard InChI is InChI=1S/C22H32N6O2/c1-17-9-8-14-30-22(29)24-13-6-4-2-3-5-12-23-19-10-7-11-20(27-19)28-21-25-15-18(17)16-26-21/h7,10-11,15-17H,2-6,8-9,12-14H2,1H3,(H,24,29)(H2,23,25,26,27,28)/t17-/m0/s1. The summed E-state index contributed by atoms with van der Waals surface area (Å²) in [4.78, 5) is 25.2. The fourth-order valence-corrected chi connectivity index (χ4v) is 3.33. The van der Waals surface area contributed by atoms with Crippen LogP contribution in [0.25, 0.3) is 0 Å². The molecule has 0 spiro atoms. The van der Waals surface area contributed by atoms with E-state index in [1.165, 1.54) is 0 Å². The quantitative estimate of drug-likeness (QED) is 0.581. The molecule has 8 nitrogen and oxygen atoms in total. The molecule has 0 unspecified atom stereocenters. The highest BCUT2D eigenvalue weighted by molar-refractivity contribution is 5.66. The number of carbonyl (C=O) groups is 1. The molecule has 162 valence electrons.